The number of rotatable bonds is 4. The van der Waals surface area contributed by atoms with E-state index >= 15 is 0 Å². The summed E-state index contributed by atoms with van der Waals surface area (Å²) in [6.07, 6.45) is 13.9. The molecular formula is C24H39IO. The molecule has 0 saturated heterocycles. The number of alkyl halides is 1. The second-order valence-electron chi connectivity index (χ2n) is 11.4. The van der Waals surface area contributed by atoms with Crippen LogP contribution in [0.15, 0.2) is 0 Å². The summed E-state index contributed by atoms with van der Waals surface area (Å²) in [5.41, 5.74) is 1.80. The van der Waals surface area contributed by atoms with Crippen molar-refractivity contribution in [3.8, 4) is 0 Å². The predicted octanol–water partition coefficient (Wildman–Crippen LogP) is 6.73. The summed E-state index contributed by atoms with van der Waals surface area (Å²) in [7, 11) is 2.02. The molecule has 0 aromatic carbocycles. The monoisotopic (exact) mass is 470 g/mol. The lowest BCUT2D eigenvalue weighted by Crippen LogP contribution is -2.57. The molecular weight excluding hydrogens is 431 g/mol. The Bertz CT molecular complexity index is 577. The van der Waals surface area contributed by atoms with E-state index in [9.17, 15) is 0 Å². The van der Waals surface area contributed by atoms with Crippen molar-refractivity contribution in [3.63, 3.8) is 0 Å². The zero-order valence-electron chi connectivity index (χ0n) is 17.4. The first-order valence-electron chi connectivity index (χ1n) is 11.5. The maximum absolute atomic E-state index is 6.26. The fourth-order valence-electron chi connectivity index (χ4n) is 9.93. The molecule has 26 heavy (non-hydrogen) atoms. The van der Waals surface area contributed by atoms with Crippen molar-refractivity contribution >= 4 is 22.6 Å². The van der Waals surface area contributed by atoms with Gasteiger partial charge in [-0.05, 0) is 109 Å². The largest absolute Gasteiger partial charge is 0.381 e. The molecule has 5 rings (SSSR count). The van der Waals surface area contributed by atoms with Gasteiger partial charge in [0.25, 0.3) is 0 Å². The van der Waals surface area contributed by atoms with Gasteiger partial charge in [-0.15, -0.1) is 0 Å². The van der Waals surface area contributed by atoms with Crippen LogP contribution in [0.5, 0.6) is 0 Å². The van der Waals surface area contributed by atoms with Crippen LogP contribution in [0.4, 0.5) is 0 Å². The normalized spacial score (nSPS) is 58.5. The molecule has 1 nitrogen and oxygen atoms in total. The van der Waals surface area contributed by atoms with Crippen LogP contribution in [0.1, 0.15) is 78.6 Å². The minimum Gasteiger partial charge on any atom is -0.381 e. The third-order valence-corrected chi connectivity index (χ3v) is 11.8. The molecule has 0 radical (unpaired) electrons. The topological polar surface area (TPSA) is 9.23 Å². The molecule has 5 aliphatic carbocycles. The average molecular weight is 470 g/mol. The molecule has 5 fully saturated rings. The molecule has 5 saturated carbocycles. The average Bonchev–Trinajstić information content (AvgIpc) is 3.12. The van der Waals surface area contributed by atoms with Crippen molar-refractivity contribution in [2.24, 2.45) is 51.8 Å². The third kappa shape index (κ3) is 2.13. The summed E-state index contributed by atoms with van der Waals surface area (Å²) in [6.45, 7) is 7.97. The summed E-state index contributed by atoms with van der Waals surface area (Å²) in [5, 5.41) is 0. The summed E-state index contributed by atoms with van der Waals surface area (Å²) in [5.74, 6) is 5.83. The number of hydrogen-bond donors (Lipinski definition) is 0. The molecule has 2 heteroatoms. The maximum atomic E-state index is 6.26. The quantitative estimate of drug-likeness (QED) is 0.327. The Morgan fingerprint density at radius 1 is 1.08 bits per heavy atom. The first kappa shape index (κ1) is 18.7. The van der Waals surface area contributed by atoms with Crippen LogP contribution in [-0.4, -0.2) is 17.6 Å². The molecule has 0 aromatic rings. The van der Waals surface area contributed by atoms with Gasteiger partial charge in [0.05, 0.1) is 6.10 Å². The fraction of sp³-hybridized carbons (Fsp3) is 1.00. The smallest absolute Gasteiger partial charge is 0.0638 e. The van der Waals surface area contributed by atoms with Gasteiger partial charge in [0.1, 0.15) is 0 Å². The van der Waals surface area contributed by atoms with E-state index in [1.807, 2.05) is 7.11 Å². The highest BCUT2D eigenvalue weighted by molar-refractivity contribution is 14.1. The van der Waals surface area contributed by atoms with Gasteiger partial charge >= 0.3 is 0 Å². The highest BCUT2D eigenvalue weighted by Crippen LogP contribution is 2.82. The Morgan fingerprint density at radius 3 is 2.58 bits per heavy atom. The van der Waals surface area contributed by atoms with Crippen LogP contribution in [-0.2, 0) is 4.74 Å². The van der Waals surface area contributed by atoms with Gasteiger partial charge in [-0.3, -0.25) is 0 Å². The van der Waals surface area contributed by atoms with E-state index in [4.69, 9.17) is 4.74 Å². The van der Waals surface area contributed by atoms with E-state index in [-0.39, 0.29) is 0 Å². The second-order valence-corrected chi connectivity index (χ2v) is 12.5. The first-order chi connectivity index (χ1) is 12.4. The maximum Gasteiger partial charge on any atom is 0.0638 e. The number of ether oxygens (including phenoxy) is 1. The van der Waals surface area contributed by atoms with Crippen LogP contribution < -0.4 is 0 Å². The second kappa shape index (κ2) is 6.09. The Labute approximate surface area is 174 Å². The van der Waals surface area contributed by atoms with E-state index < -0.39 is 0 Å². The van der Waals surface area contributed by atoms with Crippen molar-refractivity contribution < 1.29 is 4.74 Å². The van der Waals surface area contributed by atoms with E-state index in [0.717, 1.165) is 35.5 Å². The number of methoxy groups -OCH3 is 1. The highest BCUT2D eigenvalue weighted by Gasteiger charge is 2.77. The summed E-state index contributed by atoms with van der Waals surface area (Å²) < 4.78 is 7.59. The first-order valence-corrected chi connectivity index (χ1v) is 13.0. The molecule has 0 bridgehead atoms. The minimum atomic E-state index is 0.564. The number of fused-ring (bicyclic) bond motifs is 4. The molecule has 10 atom stereocenters. The van der Waals surface area contributed by atoms with Crippen molar-refractivity contribution in [2.75, 3.05) is 11.5 Å². The Hall–Kier alpha value is 0.690. The molecule has 0 amide bonds. The number of halogens is 1. The zero-order valence-corrected chi connectivity index (χ0v) is 19.6. The lowest BCUT2D eigenvalue weighted by Gasteiger charge is -2.61. The van der Waals surface area contributed by atoms with Crippen molar-refractivity contribution in [3.05, 3.63) is 0 Å². The molecule has 0 N–H and O–H groups in total. The SMILES string of the molecule is CO[C@@H]1C[C@H]2[C@@H]3CC[C@H]([C@H](C)CCI)[C@@]3(C)CC[C@@H]2[C@@]2(C)CC[C@@H]3C[C@]312. The lowest BCUT2D eigenvalue weighted by molar-refractivity contribution is -0.161. The molecule has 0 aromatic heterocycles. The van der Waals surface area contributed by atoms with Gasteiger partial charge in [-0.1, -0.05) is 43.4 Å². The molecule has 0 heterocycles. The predicted molar refractivity (Wildman–Crippen MR) is 116 cm³/mol. The van der Waals surface area contributed by atoms with E-state index in [0.29, 0.717) is 22.3 Å². The van der Waals surface area contributed by atoms with E-state index in [1.165, 1.54) is 62.2 Å². The molecule has 5 aliphatic rings. The van der Waals surface area contributed by atoms with Gasteiger partial charge in [-0.2, -0.15) is 0 Å². The standard InChI is InChI=1S/C24H39IO/c1-15(9-12-25)18-5-6-19-17-13-21(26-4)24-14-16(24)7-11-23(24,3)20(17)8-10-22(18,19)2/h15-21H,5-14H2,1-4H3/t15-,16-,17+,18-,19+,20+,21-,22-,23-,24+/m1/s1. The third-order valence-electron chi connectivity index (χ3n) is 11.2. The zero-order chi connectivity index (χ0) is 18.3. The van der Waals surface area contributed by atoms with Gasteiger partial charge in [0.2, 0.25) is 0 Å². The summed E-state index contributed by atoms with van der Waals surface area (Å²) >= 11 is 2.59. The van der Waals surface area contributed by atoms with Gasteiger partial charge in [0.15, 0.2) is 0 Å². The van der Waals surface area contributed by atoms with E-state index in [2.05, 4.69) is 43.4 Å². The Kier molecular flexibility index (Phi) is 4.38. The van der Waals surface area contributed by atoms with Gasteiger partial charge < -0.3 is 4.74 Å². The van der Waals surface area contributed by atoms with Crippen LogP contribution in [0.3, 0.4) is 0 Å². The van der Waals surface area contributed by atoms with Crippen LogP contribution in [0, 0.1) is 51.8 Å². The van der Waals surface area contributed by atoms with Gasteiger partial charge in [0, 0.05) is 12.5 Å². The van der Waals surface area contributed by atoms with Gasteiger partial charge in [-0.25, -0.2) is 0 Å². The van der Waals surface area contributed by atoms with Crippen molar-refractivity contribution in [2.45, 2.75) is 84.7 Å². The summed E-state index contributed by atoms with van der Waals surface area (Å²) in [6, 6.07) is 0. The molecule has 148 valence electrons. The molecule has 1 spiro atoms. The van der Waals surface area contributed by atoms with Crippen LogP contribution in [0.25, 0.3) is 0 Å². The minimum absolute atomic E-state index is 0.564. The van der Waals surface area contributed by atoms with Crippen molar-refractivity contribution in [1.82, 2.24) is 0 Å². The number of hydrogen-bond acceptors (Lipinski definition) is 1. The lowest BCUT2D eigenvalue weighted by atomic mass is 9.45. The Balaban J connectivity index is 1.46. The van der Waals surface area contributed by atoms with E-state index in [1.54, 1.807) is 0 Å². The summed E-state index contributed by atoms with van der Waals surface area (Å²) in [4.78, 5) is 0. The molecule has 0 aliphatic heterocycles. The molecule has 0 unspecified atom stereocenters. The van der Waals surface area contributed by atoms with Crippen molar-refractivity contribution in [1.29, 1.82) is 0 Å². The van der Waals surface area contributed by atoms with Crippen LogP contribution in [0.2, 0.25) is 0 Å². The highest BCUT2D eigenvalue weighted by atomic mass is 127. The Morgan fingerprint density at radius 2 is 1.88 bits per heavy atom. The van der Waals surface area contributed by atoms with Crippen LogP contribution >= 0.6 is 22.6 Å². The fourth-order valence-corrected chi connectivity index (χ4v) is 10.9.